The Morgan fingerprint density at radius 2 is 1.32 bits per heavy atom. The Hall–Kier alpha value is -4.30. The van der Waals surface area contributed by atoms with Crippen LogP contribution in [0.1, 0.15) is 11.1 Å². The maximum atomic E-state index is 13.6. The van der Waals surface area contributed by atoms with Gasteiger partial charge in [0.25, 0.3) is 11.8 Å². The molecule has 0 saturated carbocycles. The number of carbonyl (C=O) groups excluding carboxylic acids is 3. The third kappa shape index (κ3) is 5.79. The van der Waals surface area contributed by atoms with Gasteiger partial charge in [-0.25, -0.2) is 14.6 Å². The predicted octanol–water partition coefficient (Wildman–Crippen LogP) is 7.82. The van der Waals surface area contributed by atoms with E-state index in [-0.39, 0.29) is 28.7 Å². The highest BCUT2D eigenvalue weighted by atomic mass is 35.5. The summed E-state index contributed by atoms with van der Waals surface area (Å²) in [5, 5.41) is 1.11. The van der Waals surface area contributed by atoms with Crippen molar-refractivity contribution < 1.29 is 23.9 Å². The van der Waals surface area contributed by atoms with Crippen molar-refractivity contribution in [2.45, 2.75) is 6.61 Å². The van der Waals surface area contributed by atoms with Crippen LogP contribution in [0, 0.1) is 0 Å². The first-order valence-corrected chi connectivity index (χ1v) is 13.4. The number of carbonyl (C=O) groups is 3. The van der Waals surface area contributed by atoms with Gasteiger partial charge in [-0.3, -0.25) is 9.59 Å². The van der Waals surface area contributed by atoms with Gasteiger partial charge in [0.05, 0.1) is 23.5 Å². The molecular formula is C31H21Cl3N2O5. The van der Waals surface area contributed by atoms with Gasteiger partial charge in [-0.05, 0) is 60.2 Å². The first-order valence-electron chi connectivity index (χ1n) is 12.3. The minimum atomic E-state index is -0.783. The second kappa shape index (κ2) is 12.1. The summed E-state index contributed by atoms with van der Waals surface area (Å²) in [6.45, 7) is 0.0870. The minimum Gasteiger partial charge on any atom is -0.493 e. The number of para-hydroxylation sites is 2. The normalized spacial score (nSPS) is 13.5. The number of amides is 4. The van der Waals surface area contributed by atoms with E-state index in [1.165, 1.54) is 19.3 Å². The summed E-state index contributed by atoms with van der Waals surface area (Å²) in [6, 6.07) is 24.2. The van der Waals surface area contributed by atoms with Crippen molar-refractivity contribution in [1.29, 1.82) is 0 Å². The standard InChI is InChI=1S/C31H21Cl3N2O5/c1-40-27-16-19(15-26(34)28(27)41-18-20-12-13-21(32)17-25(20)33)14-24-29(37)35(22-8-4-2-5-9-22)31(39)36(30(24)38)23-10-6-3-7-11-23/h2-17H,18H2,1H3. The summed E-state index contributed by atoms with van der Waals surface area (Å²) in [5.41, 5.74) is 1.47. The molecule has 1 heterocycles. The Morgan fingerprint density at radius 3 is 1.85 bits per heavy atom. The lowest BCUT2D eigenvalue weighted by molar-refractivity contribution is -0.121. The molecule has 0 unspecified atom stereocenters. The van der Waals surface area contributed by atoms with Crippen LogP contribution in [0.15, 0.2) is 96.6 Å². The van der Waals surface area contributed by atoms with Crippen molar-refractivity contribution in [1.82, 2.24) is 0 Å². The Bertz CT molecular complexity index is 1610. The highest BCUT2D eigenvalue weighted by Crippen LogP contribution is 2.39. The van der Waals surface area contributed by atoms with E-state index in [0.717, 1.165) is 9.80 Å². The molecule has 1 saturated heterocycles. The van der Waals surface area contributed by atoms with Gasteiger partial charge in [0.2, 0.25) is 0 Å². The molecule has 206 valence electrons. The number of ether oxygens (including phenoxy) is 2. The van der Waals surface area contributed by atoms with Crippen LogP contribution in [0.3, 0.4) is 0 Å². The molecule has 0 aromatic heterocycles. The highest BCUT2D eigenvalue weighted by molar-refractivity contribution is 6.46. The number of anilines is 2. The molecule has 4 amide bonds. The van der Waals surface area contributed by atoms with Crippen molar-refractivity contribution >= 4 is 70.1 Å². The number of urea groups is 1. The maximum absolute atomic E-state index is 13.6. The first-order chi connectivity index (χ1) is 19.8. The van der Waals surface area contributed by atoms with E-state index >= 15 is 0 Å². The summed E-state index contributed by atoms with van der Waals surface area (Å²) in [7, 11) is 1.44. The number of hydrogen-bond acceptors (Lipinski definition) is 5. The van der Waals surface area contributed by atoms with Crippen molar-refractivity contribution in [3.05, 3.63) is 123 Å². The molecule has 1 aliphatic heterocycles. The van der Waals surface area contributed by atoms with E-state index in [4.69, 9.17) is 44.3 Å². The van der Waals surface area contributed by atoms with Crippen molar-refractivity contribution in [2.75, 3.05) is 16.9 Å². The monoisotopic (exact) mass is 606 g/mol. The van der Waals surface area contributed by atoms with Gasteiger partial charge in [0, 0.05) is 15.6 Å². The van der Waals surface area contributed by atoms with Crippen LogP contribution in [0.25, 0.3) is 6.08 Å². The van der Waals surface area contributed by atoms with E-state index in [0.29, 0.717) is 32.5 Å². The van der Waals surface area contributed by atoms with E-state index in [1.54, 1.807) is 84.9 Å². The minimum absolute atomic E-state index is 0.0870. The second-order valence-corrected chi connectivity index (χ2v) is 10.1. The Labute approximate surface area is 251 Å². The van der Waals surface area contributed by atoms with Gasteiger partial charge >= 0.3 is 6.03 Å². The quantitative estimate of drug-likeness (QED) is 0.158. The molecule has 41 heavy (non-hydrogen) atoms. The molecule has 0 atom stereocenters. The van der Waals surface area contributed by atoms with E-state index in [9.17, 15) is 14.4 Å². The largest absolute Gasteiger partial charge is 0.493 e. The number of hydrogen-bond donors (Lipinski definition) is 0. The average molecular weight is 608 g/mol. The lowest BCUT2D eigenvalue weighted by Gasteiger charge is -2.34. The summed E-state index contributed by atoms with van der Waals surface area (Å²) in [4.78, 5) is 42.7. The van der Waals surface area contributed by atoms with Crippen LogP contribution < -0.4 is 19.3 Å². The number of rotatable bonds is 7. The summed E-state index contributed by atoms with van der Waals surface area (Å²) in [6.07, 6.45) is 1.37. The van der Waals surface area contributed by atoms with Gasteiger partial charge in [-0.15, -0.1) is 0 Å². The van der Waals surface area contributed by atoms with Crippen molar-refractivity contribution in [3.63, 3.8) is 0 Å². The molecule has 4 aromatic carbocycles. The van der Waals surface area contributed by atoms with E-state index in [2.05, 4.69) is 0 Å². The number of benzene rings is 4. The highest BCUT2D eigenvalue weighted by Gasteiger charge is 2.43. The van der Waals surface area contributed by atoms with Gasteiger partial charge < -0.3 is 9.47 Å². The molecule has 1 aliphatic rings. The van der Waals surface area contributed by atoms with Crippen LogP contribution in [-0.2, 0) is 16.2 Å². The lowest BCUT2D eigenvalue weighted by Crippen LogP contribution is -2.57. The zero-order chi connectivity index (χ0) is 29.1. The van der Waals surface area contributed by atoms with Gasteiger partial charge in [-0.2, -0.15) is 0 Å². The summed E-state index contributed by atoms with van der Waals surface area (Å²) < 4.78 is 11.4. The fourth-order valence-electron chi connectivity index (χ4n) is 4.26. The summed E-state index contributed by atoms with van der Waals surface area (Å²) >= 11 is 18.8. The maximum Gasteiger partial charge on any atom is 0.343 e. The number of methoxy groups -OCH3 is 1. The molecule has 7 nitrogen and oxygen atoms in total. The molecule has 5 rings (SSSR count). The predicted molar refractivity (Wildman–Crippen MR) is 160 cm³/mol. The van der Waals surface area contributed by atoms with E-state index < -0.39 is 17.8 Å². The Kier molecular flexibility index (Phi) is 8.31. The second-order valence-electron chi connectivity index (χ2n) is 8.85. The number of nitrogens with zero attached hydrogens (tertiary/aromatic N) is 2. The molecule has 0 bridgehead atoms. The van der Waals surface area contributed by atoms with Crippen LogP contribution in [0.4, 0.5) is 16.2 Å². The average Bonchev–Trinajstić information content (AvgIpc) is 2.96. The molecule has 4 aromatic rings. The van der Waals surface area contributed by atoms with Crippen LogP contribution in [-0.4, -0.2) is 25.0 Å². The SMILES string of the molecule is COc1cc(C=C2C(=O)N(c3ccccc3)C(=O)N(c3ccccc3)C2=O)cc(Cl)c1OCc1ccc(Cl)cc1Cl. The van der Waals surface area contributed by atoms with Crippen LogP contribution >= 0.6 is 34.8 Å². The fourth-order valence-corrected chi connectivity index (χ4v) is 4.99. The zero-order valence-corrected chi connectivity index (χ0v) is 23.8. The lowest BCUT2D eigenvalue weighted by atomic mass is 10.0. The fraction of sp³-hybridized carbons (Fsp3) is 0.0645. The van der Waals surface area contributed by atoms with Gasteiger partial charge in [0.15, 0.2) is 11.5 Å². The molecule has 0 radical (unpaired) electrons. The molecular weight excluding hydrogens is 587 g/mol. The van der Waals surface area contributed by atoms with Gasteiger partial charge in [-0.1, -0.05) is 77.3 Å². The van der Waals surface area contributed by atoms with Crippen molar-refractivity contribution in [3.8, 4) is 11.5 Å². The van der Waals surface area contributed by atoms with Crippen molar-refractivity contribution in [2.24, 2.45) is 0 Å². The van der Waals surface area contributed by atoms with Gasteiger partial charge in [0.1, 0.15) is 12.2 Å². The third-order valence-electron chi connectivity index (χ3n) is 6.23. The summed E-state index contributed by atoms with van der Waals surface area (Å²) in [5.74, 6) is -1.03. The van der Waals surface area contributed by atoms with Crippen LogP contribution in [0.5, 0.6) is 11.5 Å². The Morgan fingerprint density at radius 1 is 0.732 bits per heavy atom. The Balaban J connectivity index is 1.53. The van der Waals surface area contributed by atoms with Crippen LogP contribution in [0.2, 0.25) is 15.1 Å². The third-order valence-corrected chi connectivity index (χ3v) is 7.10. The molecule has 10 heteroatoms. The number of imide groups is 2. The number of barbiturate groups is 1. The molecule has 0 spiro atoms. The first kappa shape index (κ1) is 28.2. The molecule has 0 N–H and O–H groups in total. The molecule has 1 fully saturated rings. The zero-order valence-electron chi connectivity index (χ0n) is 21.5. The topological polar surface area (TPSA) is 76.2 Å². The number of halogens is 3. The molecule has 0 aliphatic carbocycles. The smallest absolute Gasteiger partial charge is 0.343 e. The van der Waals surface area contributed by atoms with E-state index in [1.807, 2.05) is 0 Å².